The summed E-state index contributed by atoms with van der Waals surface area (Å²) in [6.45, 7) is 1.40. The Morgan fingerprint density at radius 1 is 1.57 bits per heavy atom. The highest BCUT2D eigenvalue weighted by molar-refractivity contribution is 7.99. The van der Waals surface area contributed by atoms with Gasteiger partial charge in [0.2, 0.25) is 5.91 Å². The normalized spacial score (nSPS) is 21.1. The first-order valence-corrected chi connectivity index (χ1v) is 6.04. The fourth-order valence-electron chi connectivity index (χ4n) is 1.30. The minimum Gasteiger partial charge on any atom is -0.394 e. The molecule has 1 fully saturated rings. The molecule has 1 amide bonds. The van der Waals surface area contributed by atoms with Gasteiger partial charge in [-0.3, -0.25) is 4.79 Å². The maximum Gasteiger partial charge on any atom is 0.224 e. The van der Waals surface area contributed by atoms with Crippen LogP contribution in [0.5, 0.6) is 0 Å². The van der Waals surface area contributed by atoms with Crippen molar-refractivity contribution in [2.45, 2.75) is 6.42 Å². The zero-order valence-electron chi connectivity index (χ0n) is 8.20. The molecule has 82 valence electrons. The van der Waals surface area contributed by atoms with Crippen LogP contribution in [0.15, 0.2) is 0 Å². The molecule has 14 heavy (non-hydrogen) atoms. The lowest BCUT2D eigenvalue weighted by molar-refractivity contribution is -0.124. The molecule has 1 saturated heterocycles. The highest BCUT2D eigenvalue weighted by Crippen LogP contribution is 2.23. The van der Waals surface area contributed by atoms with Gasteiger partial charge in [0.05, 0.1) is 19.8 Å². The van der Waals surface area contributed by atoms with Crippen LogP contribution in [-0.2, 0) is 9.53 Å². The quantitative estimate of drug-likeness (QED) is 0.611. The number of rotatable bonds is 6. The van der Waals surface area contributed by atoms with Crippen molar-refractivity contribution in [3.63, 3.8) is 0 Å². The van der Waals surface area contributed by atoms with Gasteiger partial charge in [-0.05, 0) is 12.2 Å². The number of carbonyl (C=O) groups is 1. The van der Waals surface area contributed by atoms with E-state index < -0.39 is 0 Å². The van der Waals surface area contributed by atoms with Crippen LogP contribution in [-0.4, -0.2) is 48.9 Å². The standard InChI is InChI=1S/C9H17NO3S/c11-3-5-13-4-2-10-9(12)8-1-6-14-7-8/h8,11H,1-7H2,(H,10,12). The molecule has 0 aliphatic carbocycles. The molecule has 0 aromatic heterocycles. The van der Waals surface area contributed by atoms with Crippen LogP contribution in [0, 0.1) is 5.92 Å². The van der Waals surface area contributed by atoms with Crippen molar-refractivity contribution in [2.75, 3.05) is 37.9 Å². The first kappa shape index (κ1) is 11.8. The monoisotopic (exact) mass is 219 g/mol. The first-order chi connectivity index (χ1) is 6.84. The third-order valence-corrected chi connectivity index (χ3v) is 3.24. The zero-order valence-corrected chi connectivity index (χ0v) is 9.02. The van der Waals surface area contributed by atoms with Crippen molar-refractivity contribution in [3.05, 3.63) is 0 Å². The van der Waals surface area contributed by atoms with Gasteiger partial charge in [-0.2, -0.15) is 11.8 Å². The molecule has 0 aromatic rings. The maximum atomic E-state index is 11.4. The smallest absolute Gasteiger partial charge is 0.224 e. The van der Waals surface area contributed by atoms with Gasteiger partial charge in [-0.15, -0.1) is 0 Å². The van der Waals surface area contributed by atoms with E-state index in [0.29, 0.717) is 19.8 Å². The Labute approximate surface area is 88.4 Å². The van der Waals surface area contributed by atoms with Gasteiger partial charge in [0.15, 0.2) is 0 Å². The van der Waals surface area contributed by atoms with Gasteiger partial charge in [-0.1, -0.05) is 0 Å². The SMILES string of the molecule is O=C(NCCOCCO)C1CCSC1. The lowest BCUT2D eigenvalue weighted by Gasteiger charge is -2.09. The number of carbonyl (C=O) groups excluding carboxylic acids is 1. The van der Waals surface area contributed by atoms with Crippen molar-refractivity contribution < 1.29 is 14.6 Å². The Hall–Kier alpha value is -0.260. The van der Waals surface area contributed by atoms with Gasteiger partial charge in [0, 0.05) is 18.2 Å². The van der Waals surface area contributed by atoms with Gasteiger partial charge < -0.3 is 15.2 Å². The molecular weight excluding hydrogens is 202 g/mol. The van der Waals surface area contributed by atoms with Crippen LogP contribution in [0.3, 0.4) is 0 Å². The zero-order chi connectivity index (χ0) is 10.2. The maximum absolute atomic E-state index is 11.4. The Morgan fingerprint density at radius 3 is 3.07 bits per heavy atom. The Kier molecular flexibility index (Phi) is 5.98. The minimum absolute atomic E-state index is 0.0349. The van der Waals surface area contributed by atoms with Crippen molar-refractivity contribution in [1.29, 1.82) is 0 Å². The second-order valence-electron chi connectivity index (χ2n) is 3.19. The second-order valence-corrected chi connectivity index (χ2v) is 4.34. The van der Waals surface area contributed by atoms with Crippen molar-refractivity contribution in [1.82, 2.24) is 5.32 Å². The lowest BCUT2D eigenvalue weighted by Crippen LogP contribution is -2.33. The molecule has 0 radical (unpaired) electrons. The van der Waals surface area contributed by atoms with Crippen LogP contribution < -0.4 is 5.32 Å². The number of nitrogens with one attached hydrogen (secondary N) is 1. The molecule has 0 bridgehead atoms. The summed E-state index contributed by atoms with van der Waals surface area (Å²) in [5.74, 6) is 2.38. The predicted octanol–water partition coefficient (Wildman–Crippen LogP) is -0.135. The summed E-state index contributed by atoms with van der Waals surface area (Å²) in [5, 5.41) is 11.3. The second kappa shape index (κ2) is 7.09. The molecule has 0 saturated carbocycles. The van der Waals surface area contributed by atoms with E-state index in [1.807, 2.05) is 11.8 Å². The molecule has 1 aliphatic rings. The summed E-state index contributed by atoms with van der Waals surface area (Å²) in [4.78, 5) is 11.4. The fraction of sp³-hybridized carbons (Fsp3) is 0.889. The van der Waals surface area contributed by atoms with Crippen LogP contribution >= 0.6 is 11.8 Å². The summed E-state index contributed by atoms with van der Waals surface area (Å²) >= 11 is 1.83. The molecule has 1 rings (SSSR count). The van der Waals surface area contributed by atoms with E-state index in [1.165, 1.54) is 0 Å². The number of amides is 1. The van der Waals surface area contributed by atoms with E-state index in [-0.39, 0.29) is 18.4 Å². The Bertz CT molecular complexity index is 171. The van der Waals surface area contributed by atoms with Crippen LogP contribution in [0.4, 0.5) is 0 Å². The number of hydrogen-bond acceptors (Lipinski definition) is 4. The van der Waals surface area contributed by atoms with E-state index in [9.17, 15) is 4.79 Å². The van der Waals surface area contributed by atoms with E-state index >= 15 is 0 Å². The van der Waals surface area contributed by atoms with Crippen LogP contribution in [0.2, 0.25) is 0 Å². The van der Waals surface area contributed by atoms with Gasteiger partial charge in [-0.25, -0.2) is 0 Å². The summed E-state index contributed by atoms with van der Waals surface area (Å²) in [7, 11) is 0. The first-order valence-electron chi connectivity index (χ1n) is 4.88. The predicted molar refractivity (Wildman–Crippen MR) is 56.3 cm³/mol. The van der Waals surface area contributed by atoms with E-state index in [0.717, 1.165) is 17.9 Å². The molecule has 1 atom stereocenters. The molecule has 0 spiro atoms. The van der Waals surface area contributed by atoms with Crippen LogP contribution in [0.25, 0.3) is 0 Å². The van der Waals surface area contributed by atoms with Gasteiger partial charge in [0.25, 0.3) is 0 Å². The number of ether oxygens (including phenoxy) is 1. The molecule has 1 unspecified atom stereocenters. The molecule has 1 heterocycles. The molecule has 1 aliphatic heterocycles. The van der Waals surface area contributed by atoms with Crippen LogP contribution in [0.1, 0.15) is 6.42 Å². The third kappa shape index (κ3) is 4.30. The third-order valence-electron chi connectivity index (χ3n) is 2.08. The van der Waals surface area contributed by atoms with E-state index in [4.69, 9.17) is 9.84 Å². The van der Waals surface area contributed by atoms with Gasteiger partial charge in [0.1, 0.15) is 0 Å². The summed E-state index contributed by atoms with van der Waals surface area (Å²) in [6.07, 6.45) is 0.994. The number of aliphatic hydroxyl groups excluding tert-OH is 1. The van der Waals surface area contributed by atoms with E-state index in [2.05, 4.69) is 5.32 Å². The van der Waals surface area contributed by atoms with Crippen molar-refractivity contribution in [3.8, 4) is 0 Å². The molecule has 4 nitrogen and oxygen atoms in total. The largest absolute Gasteiger partial charge is 0.394 e. The Morgan fingerprint density at radius 2 is 2.43 bits per heavy atom. The number of aliphatic hydroxyl groups is 1. The molecule has 0 aromatic carbocycles. The fourth-order valence-corrected chi connectivity index (χ4v) is 2.52. The topological polar surface area (TPSA) is 58.6 Å². The minimum atomic E-state index is 0.0349. The summed E-state index contributed by atoms with van der Waals surface area (Å²) in [6, 6.07) is 0. The highest BCUT2D eigenvalue weighted by Gasteiger charge is 2.22. The molecular formula is C9H17NO3S. The van der Waals surface area contributed by atoms with E-state index in [1.54, 1.807) is 0 Å². The molecule has 5 heteroatoms. The van der Waals surface area contributed by atoms with Gasteiger partial charge >= 0.3 is 0 Å². The summed E-state index contributed by atoms with van der Waals surface area (Å²) < 4.78 is 5.03. The van der Waals surface area contributed by atoms with Crippen molar-refractivity contribution in [2.24, 2.45) is 5.92 Å². The number of thioether (sulfide) groups is 1. The Balaban J connectivity index is 1.97. The van der Waals surface area contributed by atoms with Crippen molar-refractivity contribution >= 4 is 17.7 Å². The summed E-state index contributed by atoms with van der Waals surface area (Å²) in [5.41, 5.74) is 0. The average molecular weight is 219 g/mol. The highest BCUT2D eigenvalue weighted by atomic mass is 32.2. The number of hydrogen-bond donors (Lipinski definition) is 2. The molecule has 2 N–H and O–H groups in total. The lowest BCUT2D eigenvalue weighted by atomic mass is 10.1. The average Bonchev–Trinajstić information content (AvgIpc) is 2.70.